The standard InChI is InChI=1S/C11H20F3NO2/c1-8(2)17-6-10(16)5-15(9-3-4-9)7-11(12,13)14/h8-10,16H,3-7H2,1-2H3. The number of hydrogen-bond acceptors (Lipinski definition) is 3. The second-order valence-corrected chi connectivity index (χ2v) is 4.81. The highest BCUT2D eigenvalue weighted by molar-refractivity contribution is 4.86. The first kappa shape index (κ1) is 14.7. The lowest BCUT2D eigenvalue weighted by Gasteiger charge is -2.26. The number of rotatable bonds is 7. The smallest absolute Gasteiger partial charge is 0.389 e. The van der Waals surface area contributed by atoms with E-state index in [1.165, 1.54) is 4.90 Å². The van der Waals surface area contributed by atoms with Gasteiger partial charge in [-0.2, -0.15) is 13.2 Å². The average Bonchev–Trinajstić information content (AvgIpc) is 2.94. The molecule has 0 aromatic rings. The summed E-state index contributed by atoms with van der Waals surface area (Å²) in [5.41, 5.74) is 0. The van der Waals surface area contributed by atoms with E-state index in [-0.39, 0.29) is 25.3 Å². The molecule has 0 aromatic heterocycles. The Morgan fingerprint density at radius 3 is 2.35 bits per heavy atom. The molecule has 1 saturated carbocycles. The summed E-state index contributed by atoms with van der Waals surface area (Å²) in [7, 11) is 0. The molecule has 0 aromatic carbocycles. The van der Waals surface area contributed by atoms with Crippen molar-refractivity contribution in [2.24, 2.45) is 0 Å². The summed E-state index contributed by atoms with van der Waals surface area (Å²) in [6.45, 7) is 2.80. The van der Waals surface area contributed by atoms with Crippen molar-refractivity contribution >= 4 is 0 Å². The molecule has 102 valence electrons. The van der Waals surface area contributed by atoms with Crippen LogP contribution < -0.4 is 0 Å². The summed E-state index contributed by atoms with van der Waals surface area (Å²) >= 11 is 0. The minimum Gasteiger partial charge on any atom is -0.389 e. The van der Waals surface area contributed by atoms with Crippen LogP contribution >= 0.6 is 0 Å². The largest absolute Gasteiger partial charge is 0.401 e. The van der Waals surface area contributed by atoms with Gasteiger partial charge in [-0.15, -0.1) is 0 Å². The summed E-state index contributed by atoms with van der Waals surface area (Å²) in [6, 6.07) is -0.0228. The number of alkyl halides is 3. The molecule has 0 amide bonds. The molecule has 0 aliphatic heterocycles. The van der Waals surface area contributed by atoms with E-state index >= 15 is 0 Å². The normalized spacial score (nSPS) is 19.1. The molecule has 1 rings (SSSR count). The topological polar surface area (TPSA) is 32.7 Å². The van der Waals surface area contributed by atoms with Crippen molar-refractivity contribution in [1.29, 1.82) is 0 Å². The van der Waals surface area contributed by atoms with Crippen molar-refractivity contribution in [3.8, 4) is 0 Å². The van der Waals surface area contributed by atoms with E-state index in [4.69, 9.17) is 4.74 Å². The molecule has 1 unspecified atom stereocenters. The van der Waals surface area contributed by atoms with Crippen molar-refractivity contribution in [2.45, 2.75) is 51.1 Å². The van der Waals surface area contributed by atoms with Crippen LogP contribution in [-0.2, 0) is 4.74 Å². The molecule has 0 radical (unpaired) electrons. The number of aliphatic hydroxyl groups excluding tert-OH is 1. The van der Waals surface area contributed by atoms with Gasteiger partial charge in [0.15, 0.2) is 0 Å². The van der Waals surface area contributed by atoms with Gasteiger partial charge in [0.1, 0.15) is 0 Å². The highest BCUT2D eigenvalue weighted by atomic mass is 19.4. The fourth-order valence-electron chi connectivity index (χ4n) is 1.64. The van der Waals surface area contributed by atoms with Crippen LogP contribution in [0.2, 0.25) is 0 Å². The Kier molecular flexibility index (Phi) is 5.22. The molecule has 1 aliphatic rings. The lowest BCUT2D eigenvalue weighted by atomic mass is 10.3. The Labute approximate surface area is 99.5 Å². The molecule has 0 saturated heterocycles. The lowest BCUT2D eigenvalue weighted by molar-refractivity contribution is -0.151. The third-order valence-corrected chi connectivity index (χ3v) is 2.51. The molecule has 0 spiro atoms. The first-order valence-electron chi connectivity index (χ1n) is 5.88. The monoisotopic (exact) mass is 255 g/mol. The Morgan fingerprint density at radius 1 is 1.35 bits per heavy atom. The molecule has 3 nitrogen and oxygen atoms in total. The predicted molar refractivity (Wildman–Crippen MR) is 57.7 cm³/mol. The van der Waals surface area contributed by atoms with Crippen molar-refractivity contribution in [3.63, 3.8) is 0 Å². The van der Waals surface area contributed by atoms with E-state index in [1.54, 1.807) is 0 Å². The average molecular weight is 255 g/mol. The summed E-state index contributed by atoms with van der Waals surface area (Å²) in [5.74, 6) is 0. The van der Waals surface area contributed by atoms with Crippen LogP contribution in [0.5, 0.6) is 0 Å². The van der Waals surface area contributed by atoms with E-state index in [9.17, 15) is 18.3 Å². The molecule has 0 heterocycles. The van der Waals surface area contributed by atoms with Gasteiger partial charge in [0.2, 0.25) is 0 Å². The van der Waals surface area contributed by atoms with Crippen LogP contribution in [0.1, 0.15) is 26.7 Å². The minimum atomic E-state index is -4.21. The highest BCUT2D eigenvalue weighted by Crippen LogP contribution is 2.30. The van der Waals surface area contributed by atoms with Gasteiger partial charge in [-0.3, -0.25) is 4.90 Å². The zero-order valence-electron chi connectivity index (χ0n) is 10.2. The summed E-state index contributed by atoms with van der Waals surface area (Å²) in [4.78, 5) is 1.30. The summed E-state index contributed by atoms with van der Waals surface area (Å²) in [6.07, 6.45) is -3.52. The number of aliphatic hydroxyl groups is 1. The van der Waals surface area contributed by atoms with Crippen LogP contribution in [0.15, 0.2) is 0 Å². The fraction of sp³-hybridized carbons (Fsp3) is 1.00. The van der Waals surface area contributed by atoms with E-state index in [0.29, 0.717) is 0 Å². The molecule has 17 heavy (non-hydrogen) atoms. The molecular formula is C11H20F3NO2. The first-order chi connectivity index (χ1) is 7.78. The Hall–Kier alpha value is -0.330. The third kappa shape index (κ3) is 6.85. The number of hydrogen-bond donors (Lipinski definition) is 1. The Balaban J connectivity index is 2.33. The van der Waals surface area contributed by atoms with Crippen LogP contribution in [0.4, 0.5) is 13.2 Å². The van der Waals surface area contributed by atoms with E-state index in [2.05, 4.69) is 0 Å². The van der Waals surface area contributed by atoms with Gasteiger partial charge in [-0.1, -0.05) is 0 Å². The highest BCUT2D eigenvalue weighted by Gasteiger charge is 2.38. The van der Waals surface area contributed by atoms with Crippen molar-refractivity contribution < 1.29 is 23.0 Å². The van der Waals surface area contributed by atoms with E-state index in [1.807, 2.05) is 13.8 Å². The molecule has 1 aliphatic carbocycles. The number of nitrogens with zero attached hydrogens (tertiary/aromatic N) is 1. The van der Waals surface area contributed by atoms with Crippen LogP contribution in [0, 0.1) is 0 Å². The lowest BCUT2D eigenvalue weighted by Crippen LogP contribution is -2.42. The second-order valence-electron chi connectivity index (χ2n) is 4.81. The second kappa shape index (κ2) is 6.02. The molecule has 6 heteroatoms. The molecule has 0 bridgehead atoms. The number of ether oxygens (including phenoxy) is 1. The predicted octanol–water partition coefficient (Wildman–Crippen LogP) is 1.80. The fourth-order valence-corrected chi connectivity index (χ4v) is 1.64. The van der Waals surface area contributed by atoms with Crippen molar-refractivity contribution in [1.82, 2.24) is 4.90 Å². The van der Waals surface area contributed by atoms with Gasteiger partial charge < -0.3 is 9.84 Å². The van der Waals surface area contributed by atoms with Crippen LogP contribution in [0.3, 0.4) is 0 Å². The van der Waals surface area contributed by atoms with Gasteiger partial charge in [0, 0.05) is 12.6 Å². The van der Waals surface area contributed by atoms with Crippen molar-refractivity contribution in [2.75, 3.05) is 19.7 Å². The minimum absolute atomic E-state index is 0.0228. The van der Waals surface area contributed by atoms with Gasteiger partial charge in [-0.25, -0.2) is 0 Å². The maximum Gasteiger partial charge on any atom is 0.401 e. The summed E-state index contributed by atoms with van der Waals surface area (Å²) < 4.78 is 42.1. The first-order valence-corrected chi connectivity index (χ1v) is 5.88. The van der Waals surface area contributed by atoms with Crippen LogP contribution in [0.25, 0.3) is 0 Å². The molecule has 1 N–H and O–H groups in total. The van der Waals surface area contributed by atoms with Gasteiger partial charge in [0.05, 0.1) is 25.4 Å². The Bertz CT molecular complexity index is 229. The molecule has 1 atom stereocenters. The maximum atomic E-state index is 12.3. The van der Waals surface area contributed by atoms with Crippen LogP contribution in [-0.4, -0.2) is 54.1 Å². The molecule has 1 fully saturated rings. The van der Waals surface area contributed by atoms with Gasteiger partial charge in [-0.05, 0) is 26.7 Å². The number of halogens is 3. The molecular weight excluding hydrogens is 235 g/mol. The van der Waals surface area contributed by atoms with E-state index in [0.717, 1.165) is 12.8 Å². The van der Waals surface area contributed by atoms with Gasteiger partial charge >= 0.3 is 6.18 Å². The Morgan fingerprint density at radius 2 is 1.94 bits per heavy atom. The van der Waals surface area contributed by atoms with Gasteiger partial charge in [0.25, 0.3) is 0 Å². The SMILES string of the molecule is CC(C)OCC(O)CN(CC(F)(F)F)C1CC1. The quantitative estimate of drug-likeness (QED) is 0.753. The third-order valence-electron chi connectivity index (χ3n) is 2.51. The summed E-state index contributed by atoms with van der Waals surface area (Å²) in [5, 5.41) is 9.61. The van der Waals surface area contributed by atoms with Crippen molar-refractivity contribution in [3.05, 3.63) is 0 Å². The zero-order valence-corrected chi connectivity index (χ0v) is 10.2. The maximum absolute atomic E-state index is 12.3. The van der Waals surface area contributed by atoms with E-state index < -0.39 is 18.8 Å². The zero-order chi connectivity index (χ0) is 13.1.